The van der Waals surface area contributed by atoms with Crippen LogP contribution in [0.5, 0.6) is 0 Å². The van der Waals surface area contributed by atoms with Crippen molar-refractivity contribution < 1.29 is 43.2 Å². The number of aliphatic imine (C=N–C) groups is 2. The summed E-state index contributed by atoms with van der Waals surface area (Å²) < 4.78 is 0.485. The number of unbranched alkanes of at least 4 members (excludes halogenated alkanes) is 1. The number of Topliss-reactive ketones (excluding diaryl/α,β-unsaturated/α-hetero) is 8. The number of nitrogens with two attached hydrogens (primary N) is 5. The molecule has 132 heavy (non-hydrogen) atoms. The number of carbonyl (C=O) groups excluding carboxylic acids is 9. The Kier molecular flexibility index (Phi) is 73.4. The molecule has 21 heteroatoms. The fourth-order valence-electron chi connectivity index (χ4n) is 12.1. The number of guanidine groups is 2. The second kappa shape index (κ2) is 70.0. The molecule has 2 heterocycles. The van der Waals surface area contributed by atoms with Crippen LogP contribution in [-0.4, -0.2) is 116 Å². The van der Waals surface area contributed by atoms with Crippen molar-refractivity contribution in [2.24, 2.45) is 93.8 Å². The SMILES string of the molecule is C.CC(=O)[C@@H](N)CCCN=C(N)NC(C)(C)C.CC(C)(C)C(=O)[C@@H](N)CCCN=C(N)N.CC(C)(C)CCC(=O)CCCC[C@]1(C)CCSS1.CC(C)(C)NC(=O)c1cccnc1.CC(C)Cc1ccc(C(C)C(=O)C(C)(C)C)cc1.CC/C=C\CC(=O)C(C)(C)C.CC/C=C\CC(=O)CC(C)(C)C.CC/C=C\CC(C)(C)C(=O)C(C)C.CC/C=C\CC(C)(C)C(=O)CC(C)(C)C. The minimum absolute atomic E-state index is 0. The van der Waals surface area contributed by atoms with E-state index in [0.717, 1.165) is 89.0 Å². The van der Waals surface area contributed by atoms with E-state index >= 15 is 0 Å². The molecule has 1 amide bonds. The third-order valence-electron chi connectivity index (χ3n) is 19.9. The molecular weight excluding hydrogens is 1680 g/mol. The minimum Gasteiger partial charge on any atom is -0.370 e. The minimum atomic E-state index is -0.417. The number of nitrogens with zero attached hydrogens (tertiary/aromatic N) is 3. The smallest absolute Gasteiger partial charge is 0.253 e. The predicted octanol–water partition coefficient (Wildman–Crippen LogP) is 27.0. The van der Waals surface area contributed by atoms with Gasteiger partial charge in [-0.05, 0) is 197 Å². The quantitative estimate of drug-likeness (QED) is 0.0107. The lowest BCUT2D eigenvalue weighted by Gasteiger charge is -2.26. The number of amides is 1. The van der Waals surface area contributed by atoms with Gasteiger partial charge in [-0.3, -0.25) is 58.1 Å². The Morgan fingerprint density at radius 2 is 0.970 bits per heavy atom. The zero-order chi connectivity index (χ0) is 103. The fourth-order valence-corrected chi connectivity index (χ4v) is 15.4. The highest BCUT2D eigenvalue weighted by Crippen LogP contribution is 2.49. The number of nitrogens with one attached hydrogen (secondary N) is 2. The molecule has 4 atom stereocenters. The highest BCUT2D eigenvalue weighted by Gasteiger charge is 2.33. The molecule has 12 N–H and O–H groups in total. The molecule has 0 radical (unpaired) electrons. The van der Waals surface area contributed by atoms with Crippen LogP contribution < -0.4 is 39.3 Å². The number of carbonyl (C=O) groups is 9. The Labute approximate surface area is 818 Å². The molecule has 3 rings (SSSR count). The second-order valence-corrected chi connectivity index (χ2v) is 48.9. The van der Waals surface area contributed by atoms with E-state index in [1.54, 1.807) is 24.5 Å². The zero-order valence-electron chi connectivity index (χ0n) is 91.0. The maximum atomic E-state index is 12.2. The lowest BCUT2D eigenvalue weighted by molar-refractivity contribution is -0.130. The molecule has 19 nitrogen and oxygen atoms in total. The van der Waals surface area contributed by atoms with Crippen LogP contribution in [0, 0.1) is 55.2 Å². The molecule has 1 fully saturated rings. The van der Waals surface area contributed by atoms with Crippen LogP contribution in [0.2, 0.25) is 0 Å². The lowest BCUT2D eigenvalue weighted by Crippen LogP contribution is -2.45. The van der Waals surface area contributed by atoms with Crippen LogP contribution in [-0.2, 0) is 44.8 Å². The van der Waals surface area contributed by atoms with Crippen LogP contribution in [0.15, 0.2) is 107 Å². The Morgan fingerprint density at radius 3 is 1.36 bits per heavy atom. The number of ketones is 8. The van der Waals surface area contributed by atoms with Gasteiger partial charge < -0.3 is 39.3 Å². The van der Waals surface area contributed by atoms with Gasteiger partial charge in [0, 0.05) is 124 Å². The van der Waals surface area contributed by atoms with Gasteiger partial charge in [-0.1, -0.05) is 323 Å². The molecule has 1 saturated heterocycles. The zero-order valence-corrected chi connectivity index (χ0v) is 92.7. The van der Waals surface area contributed by atoms with E-state index in [-0.39, 0.29) is 97.7 Å². The number of rotatable bonds is 39. The third kappa shape index (κ3) is 83.9. The number of hydrogen-bond acceptors (Lipinski definition) is 16. The number of allylic oxidation sites excluding steroid dienone is 8. The van der Waals surface area contributed by atoms with Gasteiger partial charge >= 0.3 is 0 Å². The lowest BCUT2D eigenvalue weighted by atomic mass is 9.77. The molecule has 0 spiro atoms. The first-order valence-electron chi connectivity index (χ1n) is 48.6. The summed E-state index contributed by atoms with van der Waals surface area (Å²) in [5.41, 5.74) is 29.4. The fraction of sp³-hybridized carbons (Fsp3) is 0.730. The van der Waals surface area contributed by atoms with Crippen molar-refractivity contribution in [2.45, 2.75) is 453 Å². The van der Waals surface area contributed by atoms with Crippen molar-refractivity contribution in [3.63, 3.8) is 0 Å². The van der Waals surface area contributed by atoms with Gasteiger partial charge in [0.2, 0.25) is 0 Å². The molecule has 0 aliphatic carbocycles. The van der Waals surface area contributed by atoms with Gasteiger partial charge in [-0.15, -0.1) is 0 Å². The summed E-state index contributed by atoms with van der Waals surface area (Å²) in [5.74, 6) is 4.76. The average molecular weight is 1890 g/mol. The van der Waals surface area contributed by atoms with E-state index in [9.17, 15) is 43.2 Å². The van der Waals surface area contributed by atoms with Crippen molar-refractivity contribution >= 4 is 85.7 Å². The van der Waals surface area contributed by atoms with Crippen molar-refractivity contribution in [3.05, 3.63) is 114 Å². The summed E-state index contributed by atoms with van der Waals surface area (Å²) in [4.78, 5) is 116. The number of pyridine rings is 1. The van der Waals surface area contributed by atoms with Gasteiger partial charge in [0.15, 0.2) is 17.7 Å². The number of benzene rings is 1. The molecule has 1 aliphatic rings. The highest BCUT2D eigenvalue weighted by atomic mass is 33.1. The maximum Gasteiger partial charge on any atom is 0.253 e. The normalized spacial score (nSPS) is 14.5. The molecule has 2 aromatic rings. The van der Waals surface area contributed by atoms with Gasteiger partial charge in [-0.25, -0.2) is 0 Å². The standard InChI is InChI=1S/C17H26O.C15H28OS2.C14H26O.C12H22O.C11H24N4O.C11H20O.C10H22N4O.C10H14N2O.C10H18O.CH4/c1-12(2)11-14-7-9-15(10-8-14)13(3)16(18)17(4,5)6;1-14(2,3)10-8-13(16)7-5-6-9-15(4)11-12-17-18-15;1-7-8-9-10-14(5,6)12(15)11-13(2,3)4;1-6-7-8-9-12(4,5)11(13)10(2)3;1-8(16)9(12)6-5-7-14-10(13)15-11(2,3)4;1-5-6-7-8-10(12)9-11(2,3)4;1-10(2,3)8(15)7(11)5-4-6-14-9(12)13;1-10(2,3)12-9(13)8-5-4-6-11-7-8;1-5-6-7-8-9(11)10(2,3)4;/h7-10,12-13H,11H2,1-6H3;5-12H2,1-4H3;8-9H,7,10-11H2,1-6H3;7-8,10H,6,9H2,1-5H3;9H,5-7,12H2,1-4H3,(H3,13,14,15);6-7H,5,8-9H2,1-4H3;7H,4-6,11H2,1-3H3,(H4,12,13,14);4-7H,1-3H3,(H,12,13);6-7H,5,8H2,1-4H3;1H4/b;;9-8-;8-7-;;7-6-;;;7-6-;/t;15-;;;9-;;7-;;;/m.1..0.0.../s1. The van der Waals surface area contributed by atoms with Crippen molar-refractivity contribution in [2.75, 3.05) is 18.8 Å². The number of aromatic nitrogens is 1. The van der Waals surface area contributed by atoms with Gasteiger partial charge in [0.25, 0.3) is 5.91 Å². The van der Waals surface area contributed by atoms with Crippen LogP contribution in [0.3, 0.4) is 0 Å². The molecule has 1 aromatic carbocycles. The van der Waals surface area contributed by atoms with E-state index in [0.29, 0.717) is 114 Å². The van der Waals surface area contributed by atoms with Crippen LogP contribution >= 0.6 is 21.6 Å². The Hall–Kier alpha value is -6.68. The molecular formula is C111H204N10O9S2. The molecule has 1 aromatic heterocycles. The summed E-state index contributed by atoms with van der Waals surface area (Å²) in [6, 6.07) is 11.2. The summed E-state index contributed by atoms with van der Waals surface area (Å²) in [5, 5.41) is 5.92. The predicted molar refractivity (Wildman–Crippen MR) is 577 cm³/mol. The molecule has 1 aliphatic heterocycles. The van der Waals surface area contributed by atoms with Gasteiger partial charge in [0.1, 0.15) is 40.5 Å². The average Bonchev–Trinajstić information content (AvgIpc) is 1.24. The molecule has 1 unspecified atom stereocenters. The van der Waals surface area contributed by atoms with Gasteiger partial charge in [0.05, 0.1) is 17.6 Å². The highest BCUT2D eigenvalue weighted by molar-refractivity contribution is 8.77. The summed E-state index contributed by atoms with van der Waals surface area (Å²) >= 11 is 0. The summed E-state index contributed by atoms with van der Waals surface area (Å²) in [6.45, 7) is 80.4. The van der Waals surface area contributed by atoms with E-state index < -0.39 is 6.04 Å². The molecule has 764 valence electrons. The first kappa shape index (κ1) is 138. The Bertz CT molecular complexity index is 3690. The molecule has 0 bridgehead atoms. The van der Waals surface area contributed by atoms with Crippen molar-refractivity contribution in [1.82, 2.24) is 15.6 Å². The topological polar surface area (TPSA) is 345 Å². The summed E-state index contributed by atoms with van der Waals surface area (Å²) in [7, 11) is 4.05. The van der Waals surface area contributed by atoms with E-state index in [1.165, 1.54) is 37.5 Å². The monoisotopic (exact) mass is 1890 g/mol. The third-order valence-corrected chi connectivity index (χ3v) is 23.3. The molecule has 0 saturated carbocycles. The van der Waals surface area contributed by atoms with Crippen LogP contribution in [0.4, 0.5) is 0 Å². The Balaban J connectivity index is -0.000000267. The van der Waals surface area contributed by atoms with Crippen LogP contribution in [0.25, 0.3) is 0 Å². The van der Waals surface area contributed by atoms with E-state index in [4.69, 9.17) is 28.7 Å². The maximum absolute atomic E-state index is 12.2. The van der Waals surface area contributed by atoms with E-state index in [2.05, 4.69) is 185 Å². The van der Waals surface area contributed by atoms with Crippen LogP contribution in [0.1, 0.15) is 440 Å². The summed E-state index contributed by atoms with van der Waals surface area (Å²) in [6.07, 6.45) is 39.4. The largest absolute Gasteiger partial charge is 0.370 e. The van der Waals surface area contributed by atoms with Gasteiger partial charge in [-0.2, -0.15) is 0 Å². The van der Waals surface area contributed by atoms with E-state index in [1.807, 2.05) is 198 Å². The number of hydrogen-bond donors (Lipinski definition) is 7. The Morgan fingerprint density at radius 1 is 0.508 bits per heavy atom. The van der Waals surface area contributed by atoms with Crippen molar-refractivity contribution in [3.8, 4) is 0 Å². The second-order valence-electron chi connectivity index (χ2n) is 45.9. The first-order valence-corrected chi connectivity index (χ1v) is 50.9. The first-order chi connectivity index (χ1) is 59.5. The van der Waals surface area contributed by atoms with Crippen molar-refractivity contribution in [1.29, 1.82) is 0 Å².